The maximum atomic E-state index is 11.8. The van der Waals surface area contributed by atoms with Crippen molar-refractivity contribution in [1.82, 2.24) is 5.32 Å². The van der Waals surface area contributed by atoms with Crippen LogP contribution in [0.5, 0.6) is 0 Å². The van der Waals surface area contributed by atoms with E-state index in [1.807, 2.05) is 6.92 Å². The van der Waals surface area contributed by atoms with Crippen molar-refractivity contribution in [2.75, 3.05) is 12.3 Å². The molecule has 0 spiro atoms. The van der Waals surface area contributed by atoms with Crippen LogP contribution in [0.15, 0.2) is 21.2 Å². The number of halogens is 4. The van der Waals surface area contributed by atoms with E-state index in [2.05, 4.69) is 21.2 Å². The third kappa shape index (κ3) is 5.27. The molecule has 1 rings (SSSR count). The lowest BCUT2D eigenvalue weighted by molar-refractivity contribution is -0.0327. The van der Waals surface area contributed by atoms with Crippen molar-refractivity contribution in [3.63, 3.8) is 0 Å². The summed E-state index contributed by atoms with van der Waals surface area (Å²) in [6.07, 6.45) is 0. The van der Waals surface area contributed by atoms with Gasteiger partial charge in [0.25, 0.3) is 0 Å². The van der Waals surface area contributed by atoms with Gasteiger partial charge in [-0.05, 0) is 46.7 Å². The second-order valence-corrected chi connectivity index (χ2v) is 5.05. The predicted molar refractivity (Wildman–Crippen MR) is 61.3 cm³/mol. The molecule has 0 saturated heterocycles. The van der Waals surface area contributed by atoms with Gasteiger partial charge in [0.2, 0.25) is 0 Å². The van der Waals surface area contributed by atoms with Gasteiger partial charge in [-0.2, -0.15) is 13.2 Å². The van der Waals surface area contributed by atoms with Crippen LogP contribution in [-0.2, 0) is 0 Å². The van der Waals surface area contributed by atoms with Gasteiger partial charge in [-0.25, -0.2) is 0 Å². The van der Waals surface area contributed by atoms with Gasteiger partial charge < -0.3 is 9.73 Å². The highest BCUT2D eigenvalue weighted by Gasteiger charge is 2.27. The summed E-state index contributed by atoms with van der Waals surface area (Å²) in [6, 6.07) is 3.43. The van der Waals surface area contributed by atoms with E-state index in [9.17, 15) is 13.2 Å². The summed E-state index contributed by atoms with van der Waals surface area (Å²) in [4.78, 5) is 0. The molecule has 0 aromatic carbocycles. The van der Waals surface area contributed by atoms with Crippen LogP contribution in [0.1, 0.15) is 18.7 Å². The van der Waals surface area contributed by atoms with Crippen LogP contribution in [0.2, 0.25) is 0 Å². The van der Waals surface area contributed by atoms with Gasteiger partial charge >= 0.3 is 5.51 Å². The van der Waals surface area contributed by atoms with E-state index in [1.165, 1.54) is 0 Å². The number of thioether (sulfide) groups is 1. The molecule has 2 nitrogen and oxygen atoms in total. The zero-order valence-electron chi connectivity index (χ0n) is 8.47. The fourth-order valence-electron chi connectivity index (χ4n) is 1.10. The van der Waals surface area contributed by atoms with Crippen molar-refractivity contribution in [1.29, 1.82) is 0 Å². The van der Waals surface area contributed by atoms with Crippen LogP contribution >= 0.6 is 27.7 Å². The number of rotatable bonds is 5. The number of hydrogen-bond acceptors (Lipinski definition) is 3. The molecule has 0 radical (unpaired) electrons. The van der Waals surface area contributed by atoms with Crippen molar-refractivity contribution in [2.24, 2.45) is 0 Å². The number of furan rings is 1. The first-order valence-electron chi connectivity index (χ1n) is 4.58. The van der Waals surface area contributed by atoms with Crippen molar-refractivity contribution in [3.8, 4) is 0 Å². The van der Waals surface area contributed by atoms with Crippen LogP contribution in [0.25, 0.3) is 0 Å². The molecule has 1 aromatic rings. The summed E-state index contributed by atoms with van der Waals surface area (Å²) in [5.41, 5.74) is -4.15. The topological polar surface area (TPSA) is 25.2 Å². The second-order valence-electron chi connectivity index (χ2n) is 3.11. The van der Waals surface area contributed by atoms with Crippen molar-refractivity contribution in [3.05, 3.63) is 22.6 Å². The maximum absolute atomic E-state index is 11.8. The minimum atomic E-state index is -4.15. The minimum absolute atomic E-state index is 0.00425. The van der Waals surface area contributed by atoms with Gasteiger partial charge in [-0.3, -0.25) is 0 Å². The Morgan fingerprint density at radius 1 is 1.50 bits per heavy atom. The van der Waals surface area contributed by atoms with Gasteiger partial charge in [0.15, 0.2) is 4.67 Å². The Bertz CT molecular complexity index is 329. The molecule has 0 fully saturated rings. The fraction of sp³-hybridized carbons (Fsp3) is 0.556. The van der Waals surface area contributed by atoms with Crippen molar-refractivity contribution in [2.45, 2.75) is 18.5 Å². The lowest BCUT2D eigenvalue weighted by Crippen LogP contribution is -2.22. The fourth-order valence-corrected chi connectivity index (χ4v) is 1.87. The molecule has 0 aliphatic rings. The van der Waals surface area contributed by atoms with Crippen LogP contribution < -0.4 is 5.32 Å². The molecule has 1 heterocycles. The van der Waals surface area contributed by atoms with Gasteiger partial charge in [0.05, 0.1) is 6.04 Å². The lowest BCUT2D eigenvalue weighted by atomic mass is 10.2. The highest BCUT2D eigenvalue weighted by Crippen LogP contribution is 2.29. The largest absolute Gasteiger partial charge is 0.453 e. The predicted octanol–water partition coefficient (Wildman–Crippen LogP) is 3.95. The average molecular weight is 318 g/mol. The van der Waals surface area contributed by atoms with E-state index in [0.717, 1.165) is 0 Å². The van der Waals surface area contributed by atoms with Gasteiger partial charge in [0.1, 0.15) is 5.76 Å². The molecule has 92 valence electrons. The first kappa shape index (κ1) is 13.9. The Balaban J connectivity index is 2.23. The third-order valence-electron chi connectivity index (χ3n) is 1.84. The molecule has 0 saturated carbocycles. The Morgan fingerprint density at radius 2 is 2.19 bits per heavy atom. The second kappa shape index (κ2) is 5.97. The van der Waals surface area contributed by atoms with E-state index in [1.54, 1.807) is 12.1 Å². The molecular weight excluding hydrogens is 307 g/mol. The molecule has 16 heavy (non-hydrogen) atoms. The van der Waals surface area contributed by atoms with Crippen molar-refractivity contribution < 1.29 is 17.6 Å². The van der Waals surface area contributed by atoms with Crippen LogP contribution in [0.3, 0.4) is 0 Å². The van der Waals surface area contributed by atoms with E-state index in [-0.39, 0.29) is 30.1 Å². The van der Waals surface area contributed by atoms with E-state index >= 15 is 0 Å². The Hall–Kier alpha value is -0.140. The Labute approximate surface area is 104 Å². The summed E-state index contributed by atoms with van der Waals surface area (Å²) in [5.74, 6) is 0.694. The Kier molecular flexibility index (Phi) is 5.20. The number of nitrogens with one attached hydrogen (secondary N) is 1. The molecular formula is C9H11BrF3NOS. The van der Waals surface area contributed by atoms with Gasteiger partial charge in [-0.1, -0.05) is 0 Å². The molecule has 1 N–H and O–H groups in total. The van der Waals surface area contributed by atoms with E-state index < -0.39 is 5.51 Å². The smallest absolute Gasteiger partial charge is 0.441 e. The quantitative estimate of drug-likeness (QED) is 0.833. The normalized spacial score (nSPS) is 14.1. The summed E-state index contributed by atoms with van der Waals surface area (Å²) in [5, 5.41) is 2.95. The third-order valence-corrected chi connectivity index (χ3v) is 3.00. The summed E-state index contributed by atoms with van der Waals surface area (Å²) >= 11 is 3.13. The van der Waals surface area contributed by atoms with Crippen LogP contribution in [0.4, 0.5) is 13.2 Å². The average Bonchev–Trinajstić information content (AvgIpc) is 2.57. The molecule has 1 atom stereocenters. The monoisotopic (exact) mass is 317 g/mol. The minimum Gasteiger partial charge on any atom is -0.453 e. The zero-order valence-corrected chi connectivity index (χ0v) is 10.9. The summed E-state index contributed by atoms with van der Waals surface area (Å²) in [7, 11) is 0. The molecule has 0 aliphatic carbocycles. The molecule has 1 unspecified atom stereocenters. The highest BCUT2D eigenvalue weighted by molar-refractivity contribution is 9.10. The van der Waals surface area contributed by atoms with Gasteiger partial charge in [-0.15, -0.1) is 0 Å². The molecule has 0 amide bonds. The zero-order chi connectivity index (χ0) is 12.2. The maximum Gasteiger partial charge on any atom is 0.441 e. The summed E-state index contributed by atoms with van der Waals surface area (Å²) < 4.78 is 41.3. The molecule has 7 heteroatoms. The number of alkyl halides is 3. The molecule has 0 bridgehead atoms. The standard InChI is InChI=1S/C9H11BrF3NOS/c1-6(7-2-3-8(10)15-7)14-4-5-16-9(11,12)13/h2-3,6,14H,4-5H2,1H3. The van der Waals surface area contributed by atoms with Gasteiger partial charge in [0, 0.05) is 12.3 Å². The number of hydrogen-bond donors (Lipinski definition) is 1. The first-order chi connectivity index (χ1) is 7.38. The van der Waals surface area contributed by atoms with Crippen LogP contribution in [-0.4, -0.2) is 17.8 Å². The van der Waals surface area contributed by atoms with E-state index in [4.69, 9.17) is 4.42 Å². The molecule has 0 aliphatic heterocycles. The van der Waals surface area contributed by atoms with E-state index in [0.29, 0.717) is 10.4 Å². The highest BCUT2D eigenvalue weighted by atomic mass is 79.9. The SMILES string of the molecule is CC(NCCSC(F)(F)F)c1ccc(Br)o1. The summed E-state index contributed by atoms with van der Waals surface area (Å²) in [6.45, 7) is 2.12. The molecule has 1 aromatic heterocycles. The van der Waals surface area contributed by atoms with Crippen LogP contribution in [0, 0.1) is 0 Å². The first-order valence-corrected chi connectivity index (χ1v) is 6.35. The van der Waals surface area contributed by atoms with Crippen molar-refractivity contribution >= 4 is 27.7 Å². The Morgan fingerprint density at radius 3 is 2.69 bits per heavy atom. The lowest BCUT2D eigenvalue weighted by Gasteiger charge is -2.11.